The van der Waals surface area contributed by atoms with Crippen molar-refractivity contribution in [3.63, 3.8) is 0 Å². The van der Waals surface area contributed by atoms with Gasteiger partial charge in [0.15, 0.2) is 0 Å². The molecule has 0 aromatic heterocycles. The second-order valence-corrected chi connectivity index (χ2v) is 4.12. The van der Waals surface area contributed by atoms with Crippen LogP contribution in [-0.2, 0) is 11.3 Å². The van der Waals surface area contributed by atoms with Crippen LogP contribution in [0.15, 0.2) is 22.7 Å². The first kappa shape index (κ1) is 12.5. The van der Waals surface area contributed by atoms with Crippen molar-refractivity contribution in [3.8, 4) is 0 Å². The predicted octanol–water partition coefficient (Wildman–Crippen LogP) is 2.36. The van der Waals surface area contributed by atoms with Crippen molar-refractivity contribution in [1.82, 2.24) is 0 Å². The number of methoxy groups -OCH3 is 1. The van der Waals surface area contributed by atoms with Gasteiger partial charge >= 0.3 is 0 Å². The lowest BCUT2D eigenvalue weighted by atomic mass is 10.2. The van der Waals surface area contributed by atoms with Crippen LogP contribution < -0.4 is 11.1 Å². The number of benzene rings is 1. The van der Waals surface area contributed by atoms with Gasteiger partial charge in [-0.05, 0) is 25.1 Å². The monoisotopic (exact) mass is 272 g/mol. The SMILES string of the molecule is COCc1c(Br)cccc1NCCCN. The first-order valence-corrected chi connectivity index (χ1v) is 5.79. The van der Waals surface area contributed by atoms with Crippen molar-refractivity contribution in [2.24, 2.45) is 5.73 Å². The molecule has 1 aromatic rings. The number of halogens is 1. The van der Waals surface area contributed by atoms with Crippen LogP contribution in [0.1, 0.15) is 12.0 Å². The molecular weight excluding hydrogens is 256 g/mol. The minimum Gasteiger partial charge on any atom is -0.385 e. The summed E-state index contributed by atoms with van der Waals surface area (Å²) in [7, 11) is 1.70. The average molecular weight is 273 g/mol. The summed E-state index contributed by atoms with van der Waals surface area (Å²) in [5, 5.41) is 3.35. The van der Waals surface area contributed by atoms with Gasteiger partial charge in [-0.1, -0.05) is 22.0 Å². The second kappa shape index (κ2) is 6.82. The van der Waals surface area contributed by atoms with Crippen molar-refractivity contribution in [3.05, 3.63) is 28.2 Å². The van der Waals surface area contributed by atoms with Crippen LogP contribution in [-0.4, -0.2) is 20.2 Å². The Morgan fingerprint density at radius 3 is 2.93 bits per heavy atom. The molecule has 0 unspecified atom stereocenters. The van der Waals surface area contributed by atoms with Gasteiger partial charge < -0.3 is 15.8 Å². The zero-order valence-corrected chi connectivity index (χ0v) is 10.5. The Labute approximate surface area is 99.1 Å². The molecule has 4 heteroatoms. The molecule has 84 valence electrons. The zero-order valence-electron chi connectivity index (χ0n) is 8.92. The lowest BCUT2D eigenvalue weighted by molar-refractivity contribution is 0.185. The van der Waals surface area contributed by atoms with Gasteiger partial charge in [0.2, 0.25) is 0 Å². The van der Waals surface area contributed by atoms with Crippen LogP contribution in [0, 0.1) is 0 Å². The number of nitrogens with two attached hydrogens (primary N) is 1. The normalized spacial score (nSPS) is 10.3. The van der Waals surface area contributed by atoms with E-state index in [0.29, 0.717) is 13.2 Å². The van der Waals surface area contributed by atoms with Crippen molar-refractivity contribution in [2.45, 2.75) is 13.0 Å². The van der Waals surface area contributed by atoms with Gasteiger partial charge in [-0.3, -0.25) is 0 Å². The Balaban J connectivity index is 2.71. The maximum Gasteiger partial charge on any atom is 0.0744 e. The van der Waals surface area contributed by atoms with Crippen LogP contribution in [0.2, 0.25) is 0 Å². The molecule has 0 bridgehead atoms. The number of hydrogen-bond donors (Lipinski definition) is 2. The van der Waals surface area contributed by atoms with Crippen LogP contribution >= 0.6 is 15.9 Å². The van der Waals surface area contributed by atoms with E-state index in [1.807, 2.05) is 12.1 Å². The van der Waals surface area contributed by atoms with E-state index in [2.05, 4.69) is 27.3 Å². The van der Waals surface area contributed by atoms with Crippen LogP contribution in [0.4, 0.5) is 5.69 Å². The summed E-state index contributed by atoms with van der Waals surface area (Å²) in [5.41, 5.74) is 7.71. The van der Waals surface area contributed by atoms with Crippen LogP contribution in [0.3, 0.4) is 0 Å². The highest BCUT2D eigenvalue weighted by Gasteiger charge is 2.05. The van der Waals surface area contributed by atoms with E-state index in [4.69, 9.17) is 10.5 Å². The fraction of sp³-hybridized carbons (Fsp3) is 0.455. The van der Waals surface area contributed by atoms with E-state index in [1.165, 1.54) is 0 Å². The first-order valence-electron chi connectivity index (χ1n) is 5.00. The fourth-order valence-electron chi connectivity index (χ4n) is 1.34. The maximum atomic E-state index is 5.45. The minimum atomic E-state index is 0.604. The predicted molar refractivity (Wildman–Crippen MR) is 67.0 cm³/mol. The average Bonchev–Trinajstić information content (AvgIpc) is 2.23. The van der Waals surface area contributed by atoms with Gasteiger partial charge in [0, 0.05) is 29.4 Å². The molecule has 0 heterocycles. The molecule has 1 rings (SSSR count). The molecule has 0 fully saturated rings. The van der Waals surface area contributed by atoms with Crippen LogP contribution in [0.25, 0.3) is 0 Å². The Kier molecular flexibility index (Phi) is 5.68. The van der Waals surface area contributed by atoms with E-state index < -0.39 is 0 Å². The van der Waals surface area contributed by atoms with Crippen LogP contribution in [0.5, 0.6) is 0 Å². The Bertz CT molecular complexity index is 305. The van der Waals surface area contributed by atoms with Crippen molar-refractivity contribution in [1.29, 1.82) is 0 Å². The molecule has 0 amide bonds. The third-order valence-corrected chi connectivity index (χ3v) is 2.85. The van der Waals surface area contributed by atoms with E-state index in [1.54, 1.807) is 7.11 Å². The maximum absolute atomic E-state index is 5.45. The standard InChI is InChI=1S/C11H17BrN2O/c1-15-8-9-10(12)4-2-5-11(9)14-7-3-6-13/h2,4-5,14H,3,6-8,13H2,1H3. The van der Waals surface area contributed by atoms with E-state index in [9.17, 15) is 0 Å². The number of anilines is 1. The molecule has 0 saturated heterocycles. The first-order chi connectivity index (χ1) is 7.29. The van der Waals surface area contributed by atoms with Crippen molar-refractivity contribution < 1.29 is 4.74 Å². The molecule has 3 N–H and O–H groups in total. The highest BCUT2D eigenvalue weighted by molar-refractivity contribution is 9.10. The molecule has 0 radical (unpaired) electrons. The Hall–Kier alpha value is -0.580. The highest BCUT2D eigenvalue weighted by Crippen LogP contribution is 2.25. The van der Waals surface area contributed by atoms with Gasteiger partial charge in [0.1, 0.15) is 0 Å². The van der Waals surface area contributed by atoms with Gasteiger partial charge in [0.05, 0.1) is 6.61 Å². The molecule has 3 nitrogen and oxygen atoms in total. The summed E-state index contributed by atoms with van der Waals surface area (Å²) in [6.07, 6.45) is 0.971. The van der Waals surface area contributed by atoms with Gasteiger partial charge in [-0.15, -0.1) is 0 Å². The number of ether oxygens (including phenoxy) is 1. The summed E-state index contributed by atoms with van der Waals surface area (Å²) in [6, 6.07) is 6.08. The smallest absolute Gasteiger partial charge is 0.0744 e. The largest absolute Gasteiger partial charge is 0.385 e. The molecule has 0 aliphatic carbocycles. The lowest BCUT2D eigenvalue weighted by Gasteiger charge is -2.12. The molecule has 0 aliphatic heterocycles. The molecule has 0 spiro atoms. The third-order valence-electron chi connectivity index (χ3n) is 2.10. The summed E-state index contributed by atoms with van der Waals surface area (Å²) >= 11 is 3.51. The number of hydrogen-bond acceptors (Lipinski definition) is 3. The quantitative estimate of drug-likeness (QED) is 0.782. The highest BCUT2D eigenvalue weighted by atomic mass is 79.9. The third kappa shape index (κ3) is 3.81. The number of rotatable bonds is 6. The summed E-state index contributed by atoms with van der Waals surface area (Å²) in [4.78, 5) is 0. The summed E-state index contributed by atoms with van der Waals surface area (Å²) in [6.45, 7) is 2.21. The molecule has 0 atom stereocenters. The molecular formula is C11H17BrN2O. The summed E-state index contributed by atoms with van der Waals surface area (Å²) in [5.74, 6) is 0. The topological polar surface area (TPSA) is 47.3 Å². The van der Waals surface area contributed by atoms with Gasteiger partial charge in [0.25, 0.3) is 0 Å². The van der Waals surface area contributed by atoms with E-state index >= 15 is 0 Å². The van der Waals surface area contributed by atoms with E-state index in [-0.39, 0.29) is 0 Å². The molecule has 1 aromatic carbocycles. The van der Waals surface area contributed by atoms with Crippen molar-refractivity contribution in [2.75, 3.05) is 25.5 Å². The number of nitrogens with one attached hydrogen (secondary N) is 1. The molecule has 0 aliphatic rings. The second-order valence-electron chi connectivity index (χ2n) is 3.27. The lowest BCUT2D eigenvalue weighted by Crippen LogP contribution is -2.10. The van der Waals surface area contributed by atoms with Crippen molar-refractivity contribution >= 4 is 21.6 Å². The van der Waals surface area contributed by atoms with E-state index in [0.717, 1.165) is 28.7 Å². The fourth-order valence-corrected chi connectivity index (χ4v) is 1.82. The zero-order chi connectivity index (χ0) is 11.1. The molecule has 15 heavy (non-hydrogen) atoms. The Morgan fingerprint density at radius 2 is 2.27 bits per heavy atom. The summed E-state index contributed by atoms with van der Waals surface area (Å²) < 4.78 is 6.23. The Morgan fingerprint density at radius 1 is 1.47 bits per heavy atom. The van der Waals surface area contributed by atoms with Gasteiger partial charge in [-0.2, -0.15) is 0 Å². The molecule has 0 saturated carbocycles. The minimum absolute atomic E-state index is 0.604. The van der Waals surface area contributed by atoms with Gasteiger partial charge in [-0.25, -0.2) is 0 Å².